The van der Waals surface area contributed by atoms with E-state index in [0.717, 1.165) is 0 Å². The molecule has 0 aromatic rings. The van der Waals surface area contributed by atoms with Gasteiger partial charge < -0.3 is 9.84 Å². The van der Waals surface area contributed by atoms with E-state index in [0.29, 0.717) is 6.42 Å². The highest BCUT2D eigenvalue weighted by atomic mass is 35.5. The zero-order chi connectivity index (χ0) is 11.8. The lowest BCUT2D eigenvalue weighted by Gasteiger charge is -2.29. The number of hydrogen-bond acceptors (Lipinski definition) is 3. The third-order valence-electron chi connectivity index (χ3n) is 3.46. The summed E-state index contributed by atoms with van der Waals surface area (Å²) in [4.78, 5) is 11.1. The van der Waals surface area contributed by atoms with Gasteiger partial charge in [-0.05, 0) is 32.1 Å². The molecule has 1 N–H and O–H groups in total. The number of aliphatic hydroxyl groups is 1. The van der Waals surface area contributed by atoms with Crippen molar-refractivity contribution >= 4 is 17.6 Å². The van der Waals surface area contributed by atoms with Crippen LogP contribution < -0.4 is 0 Å². The van der Waals surface area contributed by atoms with Gasteiger partial charge in [0.1, 0.15) is 0 Å². The summed E-state index contributed by atoms with van der Waals surface area (Å²) in [6.07, 6.45) is 0.106. The van der Waals surface area contributed by atoms with Crippen LogP contribution in [0.4, 0.5) is 0 Å². The van der Waals surface area contributed by atoms with Gasteiger partial charge in [-0.15, -0.1) is 11.6 Å². The largest absolute Gasteiger partial charge is 0.469 e. The molecule has 0 spiro atoms. The van der Waals surface area contributed by atoms with Crippen LogP contribution >= 0.6 is 11.6 Å². The summed E-state index contributed by atoms with van der Waals surface area (Å²) in [7, 11) is 1.37. The molecule has 15 heavy (non-hydrogen) atoms. The third-order valence-corrected chi connectivity index (χ3v) is 3.74. The molecule has 0 unspecified atom stereocenters. The quantitative estimate of drug-likeness (QED) is 0.586. The van der Waals surface area contributed by atoms with Crippen molar-refractivity contribution < 1.29 is 14.6 Å². The van der Waals surface area contributed by atoms with Crippen molar-refractivity contribution in [1.82, 2.24) is 0 Å². The van der Waals surface area contributed by atoms with Crippen LogP contribution in [-0.4, -0.2) is 29.2 Å². The van der Waals surface area contributed by atoms with Crippen LogP contribution in [0.1, 0.15) is 27.2 Å². The minimum atomic E-state index is -0.495. The Morgan fingerprint density at radius 2 is 2.07 bits per heavy atom. The number of hydrogen-bond donors (Lipinski definition) is 1. The smallest absolute Gasteiger partial charge is 0.309 e. The predicted octanol–water partition coefficient (Wildman–Crippen LogP) is 1.81. The Bertz CT molecular complexity index is 247. The maximum Gasteiger partial charge on any atom is 0.309 e. The molecule has 1 fully saturated rings. The Hall–Kier alpha value is -0.280. The fourth-order valence-electron chi connectivity index (χ4n) is 2.45. The van der Waals surface area contributed by atoms with Crippen LogP contribution in [0.3, 0.4) is 0 Å². The highest BCUT2D eigenvalue weighted by molar-refractivity contribution is 6.23. The number of carbonyl (C=O) groups excluding carboxylic acids is 1. The molecule has 0 amide bonds. The van der Waals surface area contributed by atoms with Crippen molar-refractivity contribution in [2.45, 2.75) is 38.2 Å². The maximum absolute atomic E-state index is 11.6. The highest BCUT2D eigenvalue weighted by Gasteiger charge is 2.50. The van der Waals surface area contributed by atoms with Gasteiger partial charge in [-0.1, -0.05) is 6.92 Å². The summed E-state index contributed by atoms with van der Waals surface area (Å²) < 4.78 is 4.77. The summed E-state index contributed by atoms with van der Waals surface area (Å²) in [6, 6.07) is 0. The van der Waals surface area contributed by atoms with Crippen molar-refractivity contribution in [3.63, 3.8) is 0 Å². The first kappa shape index (κ1) is 12.8. The fourth-order valence-corrected chi connectivity index (χ4v) is 2.67. The van der Waals surface area contributed by atoms with Gasteiger partial charge in [0.2, 0.25) is 0 Å². The number of carbonyl (C=O) groups is 1. The molecule has 1 saturated carbocycles. The average Bonchev–Trinajstić information content (AvgIpc) is 2.42. The molecular weight excluding hydrogens is 216 g/mol. The van der Waals surface area contributed by atoms with Gasteiger partial charge in [-0.3, -0.25) is 4.79 Å². The van der Waals surface area contributed by atoms with Gasteiger partial charge in [-0.2, -0.15) is 0 Å². The van der Waals surface area contributed by atoms with Crippen molar-refractivity contribution in [3.8, 4) is 0 Å². The van der Waals surface area contributed by atoms with Gasteiger partial charge >= 0.3 is 5.97 Å². The van der Waals surface area contributed by atoms with Crippen LogP contribution in [0.25, 0.3) is 0 Å². The summed E-state index contributed by atoms with van der Waals surface area (Å²) >= 11 is 6.25. The third kappa shape index (κ3) is 2.45. The second kappa shape index (κ2) is 4.30. The van der Waals surface area contributed by atoms with E-state index >= 15 is 0 Å². The summed E-state index contributed by atoms with van der Waals surface area (Å²) in [5.74, 6) is -0.674. The molecule has 3 nitrogen and oxygen atoms in total. The van der Waals surface area contributed by atoms with Crippen molar-refractivity contribution in [2.75, 3.05) is 7.11 Å². The first-order valence-corrected chi connectivity index (χ1v) is 5.61. The van der Waals surface area contributed by atoms with E-state index in [1.54, 1.807) is 0 Å². The Balaban J connectivity index is 2.92. The molecule has 0 aromatic carbocycles. The molecule has 0 heterocycles. The van der Waals surface area contributed by atoms with Gasteiger partial charge in [0.05, 0.1) is 19.1 Å². The van der Waals surface area contributed by atoms with Crippen LogP contribution in [0, 0.1) is 17.8 Å². The lowest BCUT2D eigenvalue weighted by Crippen LogP contribution is -2.35. The van der Waals surface area contributed by atoms with Crippen molar-refractivity contribution in [2.24, 2.45) is 17.8 Å². The number of aliphatic hydroxyl groups excluding tert-OH is 1. The Labute approximate surface area is 95.8 Å². The summed E-state index contributed by atoms with van der Waals surface area (Å²) in [6.45, 7) is 5.62. The number of rotatable bonds is 2. The molecule has 0 saturated heterocycles. The second-order valence-electron chi connectivity index (χ2n) is 4.88. The molecular formula is C11H19ClO3. The van der Waals surface area contributed by atoms with Gasteiger partial charge in [-0.25, -0.2) is 0 Å². The number of methoxy groups -OCH3 is 1. The van der Waals surface area contributed by atoms with E-state index in [1.165, 1.54) is 7.11 Å². The second-order valence-corrected chi connectivity index (χ2v) is 5.86. The van der Waals surface area contributed by atoms with E-state index in [2.05, 4.69) is 0 Å². The minimum Gasteiger partial charge on any atom is -0.469 e. The molecule has 4 atom stereocenters. The highest BCUT2D eigenvalue weighted by Crippen LogP contribution is 2.45. The Morgan fingerprint density at radius 3 is 2.47 bits per heavy atom. The molecule has 0 aromatic heterocycles. The first-order valence-electron chi connectivity index (χ1n) is 5.23. The number of esters is 1. The molecule has 1 rings (SSSR count). The average molecular weight is 235 g/mol. The molecule has 88 valence electrons. The van der Waals surface area contributed by atoms with Crippen LogP contribution in [0.5, 0.6) is 0 Å². The molecule has 4 heteroatoms. The van der Waals surface area contributed by atoms with Gasteiger partial charge in [0.15, 0.2) is 0 Å². The first-order chi connectivity index (χ1) is 6.79. The lowest BCUT2D eigenvalue weighted by molar-refractivity contribution is -0.149. The lowest BCUT2D eigenvalue weighted by atomic mass is 9.82. The normalized spacial score (nSPS) is 36.7. The van der Waals surface area contributed by atoms with E-state index in [-0.39, 0.29) is 23.7 Å². The molecule has 0 bridgehead atoms. The zero-order valence-corrected chi connectivity index (χ0v) is 10.4. The standard InChI is InChI=1S/C11H19ClO3/c1-6-8(13)5-7(11(2,3)12)9(6)10(14)15-4/h6-9,13H,5H2,1-4H3/t6-,7+,8-,9+/m0/s1. The van der Waals surface area contributed by atoms with Crippen molar-refractivity contribution in [3.05, 3.63) is 0 Å². The number of alkyl halides is 1. The maximum atomic E-state index is 11.6. The molecule has 0 aliphatic heterocycles. The van der Waals surface area contributed by atoms with Gasteiger partial charge in [0.25, 0.3) is 0 Å². The molecule has 1 aliphatic rings. The van der Waals surface area contributed by atoms with Crippen LogP contribution in [-0.2, 0) is 9.53 Å². The zero-order valence-electron chi connectivity index (χ0n) is 9.66. The molecule has 1 aliphatic carbocycles. The number of halogens is 1. The summed E-state index contributed by atoms with van der Waals surface area (Å²) in [5, 5.41) is 9.78. The minimum absolute atomic E-state index is 0.0309. The fraction of sp³-hybridized carbons (Fsp3) is 0.909. The predicted molar refractivity (Wildman–Crippen MR) is 58.7 cm³/mol. The Morgan fingerprint density at radius 1 is 1.53 bits per heavy atom. The van der Waals surface area contributed by atoms with E-state index < -0.39 is 11.0 Å². The molecule has 0 radical (unpaired) electrons. The SMILES string of the molecule is COC(=O)[C@@H]1[C@@H](C)[C@@H](O)C[C@H]1C(C)(C)Cl. The van der Waals surface area contributed by atoms with Crippen LogP contribution in [0.15, 0.2) is 0 Å². The van der Waals surface area contributed by atoms with E-state index in [9.17, 15) is 9.90 Å². The Kier molecular flexibility index (Phi) is 3.67. The monoisotopic (exact) mass is 234 g/mol. The topological polar surface area (TPSA) is 46.5 Å². The van der Waals surface area contributed by atoms with Crippen LogP contribution in [0.2, 0.25) is 0 Å². The van der Waals surface area contributed by atoms with E-state index in [4.69, 9.17) is 16.3 Å². The van der Waals surface area contributed by atoms with Crippen molar-refractivity contribution in [1.29, 1.82) is 0 Å². The summed E-state index contributed by atoms with van der Waals surface area (Å²) in [5.41, 5.74) is 0. The van der Waals surface area contributed by atoms with Gasteiger partial charge in [0, 0.05) is 4.87 Å². The number of ether oxygens (including phenoxy) is 1. The van der Waals surface area contributed by atoms with E-state index in [1.807, 2.05) is 20.8 Å².